The molecule has 2 fully saturated rings. The van der Waals surface area contributed by atoms with Crippen LogP contribution in [-0.2, 0) is 33.8 Å². The van der Waals surface area contributed by atoms with Gasteiger partial charge in [0, 0.05) is 49.4 Å². The van der Waals surface area contributed by atoms with Crippen LogP contribution >= 0.6 is 0 Å². The quantitative estimate of drug-likeness (QED) is 0.201. The van der Waals surface area contributed by atoms with Crippen LogP contribution in [-0.4, -0.2) is 109 Å². The number of amides is 2. The van der Waals surface area contributed by atoms with Crippen LogP contribution in [0.3, 0.4) is 0 Å². The van der Waals surface area contributed by atoms with E-state index in [9.17, 15) is 9.59 Å². The molecule has 1 unspecified atom stereocenters. The van der Waals surface area contributed by atoms with Gasteiger partial charge in [-0.05, 0) is 44.2 Å². The van der Waals surface area contributed by atoms with Crippen LogP contribution < -0.4 is 14.5 Å². The number of aromatic nitrogens is 2. The van der Waals surface area contributed by atoms with Crippen molar-refractivity contribution in [3.8, 4) is 6.01 Å². The summed E-state index contributed by atoms with van der Waals surface area (Å²) in [5, 5.41) is 2.34. The molecule has 2 atom stereocenters. The molecule has 7 rings (SSSR count). The van der Waals surface area contributed by atoms with Crippen LogP contribution in [0.15, 0.2) is 72.8 Å². The predicted molar refractivity (Wildman–Crippen MR) is 205 cm³/mol. The van der Waals surface area contributed by atoms with E-state index >= 15 is 0 Å². The summed E-state index contributed by atoms with van der Waals surface area (Å²) in [6.45, 7) is 17.3. The summed E-state index contributed by atoms with van der Waals surface area (Å²) >= 11 is 0. The Bertz CT molecular complexity index is 1990. The lowest BCUT2D eigenvalue weighted by Gasteiger charge is -2.41. The topological polar surface area (TPSA) is 114 Å². The van der Waals surface area contributed by atoms with Gasteiger partial charge in [-0.3, -0.25) is 9.80 Å². The van der Waals surface area contributed by atoms with Crippen molar-refractivity contribution in [2.24, 2.45) is 0 Å². The van der Waals surface area contributed by atoms with Gasteiger partial charge in [0.15, 0.2) is 0 Å². The highest BCUT2D eigenvalue weighted by molar-refractivity contribution is 5.94. The first-order chi connectivity index (χ1) is 26.2. The van der Waals surface area contributed by atoms with Crippen LogP contribution in [0.2, 0.25) is 0 Å². The third kappa shape index (κ3) is 8.44. The van der Waals surface area contributed by atoms with E-state index in [1.807, 2.05) is 57.2 Å². The molecule has 282 valence electrons. The average Bonchev–Trinajstić information content (AvgIpc) is 3.18. The Labute approximate surface area is 316 Å². The number of ether oxygens (including phenoxy) is 4. The zero-order valence-electron chi connectivity index (χ0n) is 31.1. The summed E-state index contributed by atoms with van der Waals surface area (Å²) in [6.07, 6.45) is -0.150. The Kier molecular flexibility index (Phi) is 11.0. The number of hydrogen-bond donors (Lipinski definition) is 0. The Hall–Kier alpha value is -5.61. The monoisotopic (exact) mass is 733 g/mol. The van der Waals surface area contributed by atoms with Crippen LogP contribution in [0.4, 0.5) is 21.1 Å². The highest BCUT2D eigenvalue weighted by Gasteiger charge is 2.37. The van der Waals surface area contributed by atoms with Gasteiger partial charge in [-0.1, -0.05) is 66.7 Å². The number of rotatable bonds is 8. The molecule has 1 aromatic heterocycles. The fourth-order valence-corrected chi connectivity index (χ4v) is 7.28. The highest BCUT2D eigenvalue weighted by Crippen LogP contribution is 2.35. The SMILES string of the molecule is [C-]#[N+]CC1CN(c2nc(OC[C@@H]3COCCN3C(=O)OC(C)(C)C)nc3c2CCN(c2cccc4ccccc24)C3)CCN1C(=O)OCc1ccccc1. The molecule has 0 N–H and O–H groups in total. The molecule has 4 aromatic rings. The second kappa shape index (κ2) is 16.2. The van der Waals surface area contributed by atoms with Gasteiger partial charge in [0.2, 0.25) is 6.54 Å². The number of fused-ring (bicyclic) bond motifs is 2. The molecule has 54 heavy (non-hydrogen) atoms. The van der Waals surface area contributed by atoms with E-state index in [4.69, 9.17) is 35.5 Å². The number of carbonyl (C=O) groups is 2. The maximum atomic E-state index is 13.3. The lowest BCUT2D eigenvalue weighted by atomic mass is 10.0. The van der Waals surface area contributed by atoms with E-state index in [-0.39, 0.29) is 25.8 Å². The zero-order valence-corrected chi connectivity index (χ0v) is 31.1. The van der Waals surface area contributed by atoms with Crippen molar-refractivity contribution < 1.29 is 28.5 Å². The largest absolute Gasteiger partial charge is 0.461 e. The number of carbonyl (C=O) groups excluding carboxylic acids is 2. The summed E-state index contributed by atoms with van der Waals surface area (Å²) in [4.78, 5) is 47.9. The van der Waals surface area contributed by atoms with Gasteiger partial charge in [0.1, 0.15) is 30.7 Å². The summed E-state index contributed by atoms with van der Waals surface area (Å²) < 4.78 is 23.5. The third-order valence-electron chi connectivity index (χ3n) is 9.91. The van der Waals surface area contributed by atoms with E-state index in [0.29, 0.717) is 52.4 Å². The van der Waals surface area contributed by atoms with Gasteiger partial charge in [0.05, 0.1) is 31.5 Å². The molecule has 4 heterocycles. The van der Waals surface area contributed by atoms with E-state index in [1.165, 1.54) is 10.8 Å². The Morgan fingerprint density at radius 3 is 2.48 bits per heavy atom. The van der Waals surface area contributed by atoms with E-state index < -0.39 is 29.9 Å². The predicted octanol–water partition coefficient (Wildman–Crippen LogP) is 5.95. The fourth-order valence-electron chi connectivity index (χ4n) is 7.28. The molecular formula is C41H47N7O6. The molecule has 0 saturated carbocycles. The molecular weight excluding hydrogens is 686 g/mol. The van der Waals surface area contributed by atoms with Gasteiger partial charge in [-0.2, -0.15) is 9.97 Å². The normalized spacial score (nSPS) is 18.9. The van der Waals surface area contributed by atoms with Crippen molar-refractivity contribution >= 4 is 34.5 Å². The molecule has 0 spiro atoms. The van der Waals surface area contributed by atoms with E-state index in [0.717, 1.165) is 34.9 Å². The fraction of sp³-hybridized carbons (Fsp3) is 0.439. The van der Waals surface area contributed by atoms with Crippen molar-refractivity contribution in [1.82, 2.24) is 19.8 Å². The first kappa shape index (κ1) is 36.7. The molecule has 2 saturated heterocycles. The van der Waals surface area contributed by atoms with Gasteiger partial charge in [-0.25, -0.2) is 16.2 Å². The summed E-state index contributed by atoms with van der Waals surface area (Å²) in [5.41, 5.74) is 3.27. The minimum Gasteiger partial charge on any atom is -0.461 e. The maximum Gasteiger partial charge on any atom is 0.410 e. The Balaban J connectivity index is 1.15. The average molecular weight is 734 g/mol. The minimum absolute atomic E-state index is 0.117. The molecule has 3 aromatic carbocycles. The number of anilines is 2. The smallest absolute Gasteiger partial charge is 0.410 e. The van der Waals surface area contributed by atoms with Crippen LogP contribution in [0.5, 0.6) is 6.01 Å². The lowest BCUT2D eigenvalue weighted by molar-refractivity contribution is -0.0425. The number of nitrogens with zero attached hydrogens (tertiary/aromatic N) is 7. The molecule has 0 bridgehead atoms. The van der Waals surface area contributed by atoms with Gasteiger partial charge < -0.3 is 33.6 Å². The first-order valence-corrected chi connectivity index (χ1v) is 18.5. The van der Waals surface area contributed by atoms with E-state index in [1.54, 1.807) is 9.80 Å². The Morgan fingerprint density at radius 1 is 0.889 bits per heavy atom. The Morgan fingerprint density at radius 2 is 1.67 bits per heavy atom. The molecule has 0 aliphatic carbocycles. The molecule has 3 aliphatic rings. The zero-order chi connectivity index (χ0) is 37.7. The molecule has 2 amide bonds. The molecule has 3 aliphatic heterocycles. The van der Waals surface area contributed by atoms with Crippen molar-refractivity contribution in [2.45, 2.75) is 58.0 Å². The number of piperazine rings is 1. The molecule has 13 nitrogen and oxygen atoms in total. The second-order valence-electron chi connectivity index (χ2n) is 14.8. The number of morpholine rings is 1. The summed E-state index contributed by atoms with van der Waals surface area (Å²) in [6, 6.07) is 23.7. The van der Waals surface area contributed by atoms with Crippen LogP contribution in [0.25, 0.3) is 15.6 Å². The lowest BCUT2D eigenvalue weighted by Crippen LogP contribution is -2.57. The van der Waals surface area contributed by atoms with Crippen LogP contribution in [0, 0.1) is 6.57 Å². The van der Waals surface area contributed by atoms with Crippen molar-refractivity contribution in [1.29, 1.82) is 0 Å². The number of benzene rings is 3. The van der Waals surface area contributed by atoms with E-state index in [2.05, 4.69) is 51.0 Å². The maximum absolute atomic E-state index is 13.3. The van der Waals surface area contributed by atoms with Gasteiger partial charge in [0.25, 0.3) is 0 Å². The first-order valence-electron chi connectivity index (χ1n) is 18.5. The summed E-state index contributed by atoms with van der Waals surface area (Å²) in [5.74, 6) is 0.740. The van der Waals surface area contributed by atoms with Gasteiger partial charge in [-0.15, -0.1) is 0 Å². The van der Waals surface area contributed by atoms with Gasteiger partial charge >= 0.3 is 18.2 Å². The van der Waals surface area contributed by atoms with Crippen molar-refractivity contribution in [3.63, 3.8) is 0 Å². The second-order valence-corrected chi connectivity index (χ2v) is 14.8. The van der Waals surface area contributed by atoms with Crippen molar-refractivity contribution in [2.75, 3.05) is 68.9 Å². The highest BCUT2D eigenvalue weighted by atomic mass is 16.6. The van der Waals surface area contributed by atoms with Crippen LogP contribution in [0.1, 0.15) is 37.6 Å². The minimum atomic E-state index is -0.638. The molecule has 0 radical (unpaired) electrons. The third-order valence-corrected chi connectivity index (χ3v) is 9.91. The molecule has 13 heteroatoms. The van der Waals surface area contributed by atoms with Crippen molar-refractivity contribution in [3.05, 3.63) is 101 Å². The standard InChI is InChI=1S/C41H47N7O6/c1-41(2,3)54-40(50)48-21-22-51-27-32(48)28-52-38-43-35-25-45(36-16-10-14-30-13-8-9-15-33(30)36)18-17-34(35)37(44-38)46-19-20-47(31(24-46)23-42-4)39(49)53-26-29-11-6-5-7-12-29/h5-16,31-32H,17-28H2,1-3H3/t31?,32-/m0/s1. The number of hydrogen-bond acceptors (Lipinski definition) is 10. The summed E-state index contributed by atoms with van der Waals surface area (Å²) in [7, 11) is 0.